The van der Waals surface area contributed by atoms with Crippen LogP contribution in [0.25, 0.3) is 0 Å². The number of carbonyl (C=O) groups is 1. The first-order valence-electron chi connectivity index (χ1n) is 9.45. The molecular formula is C20H25N3O5S. The third-order valence-electron chi connectivity index (χ3n) is 4.64. The van der Waals surface area contributed by atoms with Gasteiger partial charge in [-0.15, -0.1) is 0 Å². The van der Waals surface area contributed by atoms with Gasteiger partial charge in [0.25, 0.3) is 0 Å². The number of ether oxygens (including phenoxy) is 1. The van der Waals surface area contributed by atoms with E-state index in [4.69, 9.17) is 4.74 Å². The minimum Gasteiger partial charge on any atom is -0.491 e. The summed E-state index contributed by atoms with van der Waals surface area (Å²) in [5, 5.41) is 12.7. The summed E-state index contributed by atoms with van der Waals surface area (Å²) < 4.78 is 32.9. The quantitative estimate of drug-likeness (QED) is 0.562. The predicted molar refractivity (Wildman–Crippen MR) is 110 cm³/mol. The van der Waals surface area contributed by atoms with Crippen LogP contribution in [0.4, 0.5) is 5.69 Å². The van der Waals surface area contributed by atoms with E-state index in [1.165, 1.54) is 12.1 Å². The number of aliphatic carboxylic acids is 1. The molecule has 1 unspecified atom stereocenters. The van der Waals surface area contributed by atoms with Gasteiger partial charge in [-0.25, -0.2) is 8.42 Å². The van der Waals surface area contributed by atoms with Gasteiger partial charge in [-0.1, -0.05) is 30.3 Å². The molecule has 1 heterocycles. The highest BCUT2D eigenvalue weighted by Crippen LogP contribution is 2.28. The van der Waals surface area contributed by atoms with Crippen molar-refractivity contribution in [2.75, 3.05) is 37.7 Å². The molecule has 0 saturated carbocycles. The minimum absolute atomic E-state index is 0.00269. The van der Waals surface area contributed by atoms with Crippen LogP contribution < -0.4 is 19.7 Å². The van der Waals surface area contributed by atoms with E-state index < -0.39 is 22.0 Å². The Morgan fingerprint density at radius 2 is 1.76 bits per heavy atom. The Bertz CT molecular complexity index is 915. The maximum atomic E-state index is 12.4. The van der Waals surface area contributed by atoms with Gasteiger partial charge in [0.2, 0.25) is 10.0 Å². The zero-order valence-electron chi connectivity index (χ0n) is 16.0. The van der Waals surface area contributed by atoms with E-state index in [2.05, 4.69) is 14.9 Å². The fourth-order valence-electron chi connectivity index (χ4n) is 3.12. The van der Waals surface area contributed by atoms with Gasteiger partial charge in [0.05, 0.1) is 17.2 Å². The topological polar surface area (TPSA) is 108 Å². The van der Waals surface area contributed by atoms with Crippen LogP contribution in [0.5, 0.6) is 5.75 Å². The number of rotatable bonds is 9. The van der Waals surface area contributed by atoms with Gasteiger partial charge in [0, 0.05) is 32.6 Å². The van der Waals surface area contributed by atoms with Gasteiger partial charge in [0.1, 0.15) is 11.8 Å². The summed E-state index contributed by atoms with van der Waals surface area (Å²) in [7, 11) is -3.93. The number of hydrogen-bond acceptors (Lipinski definition) is 6. The fraction of sp³-hybridized carbons (Fsp3) is 0.350. The third kappa shape index (κ3) is 5.69. The monoisotopic (exact) mass is 419 g/mol. The SMILES string of the molecule is O=C(O)C(CCOc1ccccc1N1CCNCC1)NS(=O)(=O)c1ccccc1. The van der Waals surface area contributed by atoms with Crippen LogP contribution in [-0.2, 0) is 14.8 Å². The van der Waals surface area contributed by atoms with Gasteiger partial charge in [0.15, 0.2) is 0 Å². The lowest BCUT2D eigenvalue weighted by Gasteiger charge is -2.30. The van der Waals surface area contributed by atoms with Gasteiger partial charge in [-0.05, 0) is 24.3 Å². The maximum absolute atomic E-state index is 12.4. The van der Waals surface area contributed by atoms with Crippen LogP contribution in [0, 0.1) is 0 Å². The Morgan fingerprint density at radius 1 is 1.10 bits per heavy atom. The van der Waals surface area contributed by atoms with Gasteiger partial charge >= 0.3 is 5.97 Å². The Labute approximate surface area is 170 Å². The number of benzene rings is 2. The van der Waals surface area contributed by atoms with Crippen molar-refractivity contribution < 1.29 is 23.1 Å². The van der Waals surface area contributed by atoms with Gasteiger partial charge in [-0.2, -0.15) is 4.72 Å². The Kier molecular flexibility index (Phi) is 7.08. The molecule has 0 radical (unpaired) electrons. The first kappa shape index (κ1) is 21.1. The molecular weight excluding hydrogens is 394 g/mol. The molecule has 2 aromatic rings. The molecule has 1 atom stereocenters. The zero-order valence-corrected chi connectivity index (χ0v) is 16.8. The summed E-state index contributed by atoms with van der Waals surface area (Å²) in [5.41, 5.74) is 0.950. The van der Waals surface area contributed by atoms with E-state index in [9.17, 15) is 18.3 Å². The number of carboxylic acid groups (broad SMARTS) is 1. The summed E-state index contributed by atoms with van der Waals surface area (Å²) in [6.07, 6.45) is -0.00269. The molecule has 3 rings (SSSR count). The standard InChI is InChI=1S/C20H25N3O5S/c24-20(25)17(22-29(26,27)16-6-2-1-3-7-16)10-15-28-19-9-5-4-8-18(19)23-13-11-21-12-14-23/h1-9,17,21-22H,10-15H2,(H,24,25). The van der Waals surface area contributed by atoms with Crippen molar-refractivity contribution in [3.05, 3.63) is 54.6 Å². The summed E-state index contributed by atoms with van der Waals surface area (Å²) in [6, 6.07) is 14.0. The van der Waals surface area contributed by atoms with E-state index in [1.54, 1.807) is 18.2 Å². The molecule has 2 aromatic carbocycles. The van der Waals surface area contributed by atoms with Gasteiger partial charge < -0.3 is 20.1 Å². The molecule has 1 aliphatic rings. The van der Waals surface area contributed by atoms with Crippen LogP contribution in [0.2, 0.25) is 0 Å². The van der Waals surface area contributed by atoms with Crippen LogP contribution in [0.1, 0.15) is 6.42 Å². The first-order chi connectivity index (χ1) is 14.0. The average molecular weight is 420 g/mol. The van der Waals surface area contributed by atoms with Crippen LogP contribution in [0.15, 0.2) is 59.5 Å². The number of anilines is 1. The van der Waals surface area contributed by atoms with Crippen LogP contribution >= 0.6 is 0 Å². The number of para-hydroxylation sites is 2. The van der Waals surface area contributed by atoms with Crippen molar-refractivity contribution in [1.82, 2.24) is 10.0 Å². The third-order valence-corrected chi connectivity index (χ3v) is 6.12. The van der Waals surface area contributed by atoms with E-state index in [-0.39, 0.29) is 17.9 Å². The van der Waals surface area contributed by atoms with E-state index in [0.29, 0.717) is 5.75 Å². The van der Waals surface area contributed by atoms with Crippen LogP contribution in [0.3, 0.4) is 0 Å². The highest BCUT2D eigenvalue weighted by molar-refractivity contribution is 7.89. The molecule has 0 amide bonds. The first-order valence-corrected chi connectivity index (χ1v) is 10.9. The molecule has 0 bridgehead atoms. The summed E-state index contributed by atoms with van der Waals surface area (Å²) in [5.74, 6) is -0.590. The zero-order chi connectivity index (χ0) is 20.7. The molecule has 8 nitrogen and oxygen atoms in total. The van der Waals surface area contributed by atoms with Crippen molar-refractivity contribution in [2.45, 2.75) is 17.4 Å². The Hall–Kier alpha value is -2.62. The number of nitrogens with zero attached hydrogens (tertiary/aromatic N) is 1. The average Bonchev–Trinajstić information content (AvgIpc) is 2.74. The molecule has 29 heavy (non-hydrogen) atoms. The van der Waals surface area contributed by atoms with Crippen molar-refractivity contribution in [3.8, 4) is 5.75 Å². The minimum atomic E-state index is -3.93. The molecule has 1 fully saturated rings. The fourth-order valence-corrected chi connectivity index (χ4v) is 4.37. The van der Waals surface area contributed by atoms with E-state index in [1.807, 2.05) is 24.3 Å². The van der Waals surface area contributed by atoms with Crippen molar-refractivity contribution >= 4 is 21.7 Å². The second-order valence-electron chi connectivity index (χ2n) is 6.67. The maximum Gasteiger partial charge on any atom is 0.321 e. The molecule has 1 saturated heterocycles. The Morgan fingerprint density at radius 3 is 2.45 bits per heavy atom. The van der Waals surface area contributed by atoms with Gasteiger partial charge in [-0.3, -0.25) is 4.79 Å². The number of nitrogens with one attached hydrogen (secondary N) is 2. The molecule has 156 valence electrons. The largest absolute Gasteiger partial charge is 0.491 e. The second-order valence-corrected chi connectivity index (χ2v) is 8.38. The number of piperazine rings is 1. The number of hydrogen-bond donors (Lipinski definition) is 3. The number of sulfonamides is 1. The second kappa shape index (κ2) is 9.73. The van der Waals surface area contributed by atoms with E-state index in [0.717, 1.165) is 31.9 Å². The molecule has 3 N–H and O–H groups in total. The van der Waals surface area contributed by atoms with Crippen molar-refractivity contribution in [1.29, 1.82) is 0 Å². The smallest absolute Gasteiger partial charge is 0.321 e. The van der Waals surface area contributed by atoms with Crippen molar-refractivity contribution in [2.24, 2.45) is 0 Å². The Balaban J connectivity index is 1.63. The molecule has 1 aliphatic heterocycles. The summed E-state index contributed by atoms with van der Waals surface area (Å²) >= 11 is 0. The predicted octanol–water partition coefficient (Wildman–Crippen LogP) is 1.30. The van der Waals surface area contributed by atoms with Crippen LogP contribution in [-0.4, -0.2) is 58.3 Å². The summed E-state index contributed by atoms with van der Waals surface area (Å²) in [4.78, 5) is 13.8. The lowest BCUT2D eigenvalue weighted by atomic mass is 10.2. The highest BCUT2D eigenvalue weighted by atomic mass is 32.2. The normalized spacial score (nSPS) is 15.7. The number of carboxylic acids is 1. The lowest BCUT2D eigenvalue weighted by Crippen LogP contribution is -2.43. The molecule has 0 aromatic heterocycles. The lowest BCUT2D eigenvalue weighted by molar-refractivity contribution is -0.139. The molecule has 9 heteroatoms. The van der Waals surface area contributed by atoms with Crippen molar-refractivity contribution in [3.63, 3.8) is 0 Å². The summed E-state index contributed by atoms with van der Waals surface area (Å²) in [6.45, 7) is 3.55. The molecule has 0 spiro atoms. The highest BCUT2D eigenvalue weighted by Gasteiger charge is 2.25. The molecule has 0 aliphatic carbocycles. The van der Waals surface area contributed by atoms with E-state index >= 15 is 0 Å².